The van der Waals surface area contributed by atoms with E-state index in [1.54, 1.807) is 38.1 Å². The number of nitrogens with one attached hydrogen (secondary N) is 1. The molecule has 0 fully saturated rings. The Kier molecular flexibility index (Phi) is 10.0. The molecule has 0 bridgehead atoms. The largest absolute Gasteiger partial charge is 0.493 e. The number of carbonyl (C=O) groups is 1. The molecule has 1 aromatic heterocycles. The second-order valence-corrected chi connectivity index (χ2v) is 12.9. The zero-order chi connectivity index (χ0) is 32.9. The third-order valence-corrected chi connectivity index (χ3v) is 9.61. The maximum Gasteiger partial charge on any atom is 0.416 e. The molecule has 5 rings (SSSR count). The summed E-state index contributed by atoms with van der Waals surface area (Å²) in [7, 11) is -3.97. The summed E-state index contributed by atoms with van der Waals surface area (Å²) >= 11 is 0. The fourth-order valence-electron chi connectivity index (χ4n) is 5.19. The van der Waals surface area contributed by atoms with E-state index in [1.165, 1.54) is 12.1 Å². The van der Waals surface area contributed by atoms with Crippen molar-refractivity contribution in [3.8, 4) is 17.2 Å². The van der Waals surface area contributed by atoms with Crippen molar-refractivity contribution in [2.75, 3.05) is 25.1 Å². The molecule has 1 atom stereocenters. The average molecular weight is 658 g/mol. The molecule has 3 aromatic carbocycles. The number of hydrogen-bond acceptors (Lipinski definition) is 8. The minimum absolute atomic E-state index is 0.0724. The Labute approximate surface area is 265 Å². The molecule has 0 spiro atoms. The molecule has 1 N–H and O–H groups in total. The van der Waals surface area contributed by atoms with Crippen LogP contribution in [0.15, 0.2) is 77.2 Å². The summed E-state index contributed by atoms with van der Waals surface area (Å²) in [4.78, 5) is 16.9. The van der Waals surface area contributed by atoms with Gasteiger partial charge in [-0.1, -0.05) is 30.3 Å². The van der Waals surface area contributed by atoms with Crippen LogP contribution in [0.25, 0.3) is 11.5 Å². The van der Waals surface area contributed by atoms with Crippen LogP contribution in [0, 0.1) is 6.92 Å². The second kappa shape index (κ2) is 14.0. The zero-order valence-electron chi connectivity index (χ0n) is 25.3. The number of nitrogens with zero attached hydrogens (tertiary/aromatic N) is 2. The lowest BCUT2D eigenvalue weighted by molar-refractivity contribution is -0.143. The fraction of sp³-hybridized carbons (Fsp3) is 0.333. The molecule has 0 saturated carbocycles. The molecule has 1 unspecified atom stereocenters. The summed E-state index contributed by atoms with van der Waals surface area (Å²) in [5, 5.41) is 2.22. The number of benzene rings is 3. The predicted molar refractivity (Wildman–Crippen MR) is 165 cm³/mol. The van der Waals surface area contributed by atoms with E-state index in [9.17, 15) is 26.4 Å². The fourth-order valence-corrected chi connectivity index (χ4v) is 6.86. The number of fused-ring (bicyclic) bond motifs is 1. The summed E-state index contributed by atoms with van der Waals surface area (Å²) in [6.45, 7) is 3.20. The summed E-state index contributed by atoms with van der Waals surface area (Å²) in [6.07, 6.45) is -3.14. The number of anilines is 1. The molecule has 0 amide bonds. The number of oxazole rings is 1. The maximum absolute atomic E-state index is 13.8. The zero-order valence-corrected chi connectivity index (χ0v) is 26.2. The lowest BCUT2D eigenvalue weighted by Gasteiger charge is -2.31. The Morgan fingerprint density at radius 1 is 1.09 bits per heavy atom. The molecule has 2 heterocycles. The van der Waals surface area contributed by atoms with Crippen LogP contribution in [0.1, 0.15) is 41.5 Å². The Morgan fingerprint density at radius 2 is 1.85 bits per heavy atom. The lowest BCUT2D eigenvalue weighted by atomic mass is 10.0. The number of carbonyl (C=O) groups excluding carboxylic acids is 1. The number of sulfonamides is 1. The number of hydrogen-bond donors (Lipinski definition) is 1. The smallest absolute Gasteiger partial charge is 0.416 e. The van der Waals surface area contributed by atoms with Gasteiger partial charge in [-0.05, 0) is 80.3 Å². The quantitative estimate of drug-likeness (QED) is 0.175. The first-order valence-electron chi connectivity index (χ1n) is 14.8. The van der Waals surface area contributed by atoms with Crippen LogP contribution in [-0.4, -0.2) is 48.8 Å². The van der Waals surface area contributed by atoms with Gasteiger partial charge < -0.3 is 19.2 Å². The van der Waals surface area contributed by atoms with E-state index in [2.05, 4.69) is 10.3 Å². The molecular formula is C33H34F3N3O6S. The summed E-state index contributed by atoms with van der Waals surface area (Å²) < 4.78 is 84.2. The van der Waals surface area contributed by atoms with Gasteiger partial charge in [-0.2, -0.15) is 17.5 Å². The van der Waals surface area contributed by atoms with Crippen molar-refractivity contribution in [1.82, 2.24) is 9.29 Å². The number of rotatable bonds is 12. The third kappa shape index (κ3) is 7.88. The van der Waals surface area contributed by atoms with E-state index in [1.807, 2.05) is 24.3 Å². The van der Waals surface area contributed by atoms with Crippen LogP contribution in [-0.2, 0) is 45.1 Å². The highest BCUT2D eigenvalue weighted by Gasteiger charge is 2.36. The molecular weight excluding hydrogens is 623 g/mol. The van der Waals surface area contributed by atoms with E-state index < -0.39 is 39.7 Å². The van der Waals surface area contributed by atoms with Gasteiger partial charge in [0.2, 0.25) is 15.9 Å². The van der Waals surface area contributed by atoms with Gasteiger partial charge >= 0.3 is 12.1 Å². The van der Waals surface area contributed by atoms with Crippen molar-refractivity contribution in [1.29, 1.82) is 0 Å². The van der Waals surface area contributed by atoms with E-state index in [0.717, 1.165) is 27.7 Å². The second-order valence-electron chi connectivity index (χ2n) is 10.8. The number of alkyl halides is 3. The van der Waals surface area contributed by atoms with Crippen molar-refractivity contribution >= 4 is 21.7 Å². The van der Waals surface area contributed by atoms with E-state index in [4.69, 9.17) is 13.9 Å². The molecule has 4 aromatic rings. The maximum atomic E-state index is 13.8. The Balaban J connectivity index is 1.25. The summed E-state index contributed by atoms with van der Waals surface area (Å²) in [5.41, 5.74) is 2.66. The summed E-state index contributed by atoms with van der Waals surface area (Å²) in [6, 6.07) is 19.1. The van der Waals surface area contributed by atoms with Crippen molar-refractivity contribution in [2.24, 2.45) is 0 Å². The number of aromatic nitrogens is 1. The Hall–Kier alpha value is -4.36. The van der Waals surface area contributed by atoms with Gasteiger partial charge in [0.15, 0.2) is 0 Å². The van der Waals surface area contributed by atoms with E-state index in [-0.39, 0.29) is 25.6 Å². The first kappa shape index (κ1) is 33.0. The number of ether oxygens (including phenoxy) is 2. The molecule has 1 aliphatic heterocycles. The Bertz CT molecular complexity index is 1770. The van der Waals surface area contributed by atoms with Crippen molar-refractivity contribution in [3.05, 3.63) is 101 Å². The molecule has 244 valence electrons. The van der Waals surface area contributed by atoms with Crippen LogP contribution in [0.3, 0.4) is 0 Å². The van der Waals surface area contributed by atoms with Gasteiger partial charge in [-0.15, -0.1) is 0 Å². The topological polar surface area (TPSA) is 111 Å². The van der Waals surface area contributed by atoms with Gasteiger partial charge in [0.1, 0.15) is 23.4 Å². The molecule has 13 heteroatoms. The minimum atomic E-state index is -4.43. The third-order valence-electron chi connectivity index (χ3n) is 7.56. The number of para-hydroxylation sites is 1. The molecule has 9 nitrogen and oxygen atoms in total. The van der Waals surface area contributed by atoms with Crippen LogP contribution in [0.5, 0.6) is 5.75 Å². The molecule has 0 radical (unpaired) electrons. The van der Waals surface area contributed by atoms with Crippen LogP contribution in [0.4, 0.5) is 18.9 Å². The molecule has 1 aliphatic rings. The minimum Gasteiger partial charge on any atom is -0.493 e. The molecule has 0 saturated heterocycles. The van der Waals surface area contributed by atoms with E-state index in [0.29, 0.717) is 47.6 Å². The average Bonchev–Trinajstić information content (AvgIpc) is 3.40. The van der Waals surface area contributed by atoms with Crippen LogP contribution < -0.4 is 10.1 Å². The van der Waals surface area contributed by atoms with Gasteiger partial charge in [0.05, 0.1) is 24.5 Å². The standard InChI is InChI=1S/C33H34F3N3O6S/c1-3-43-31(40)21-39(46(41,42)30-16-13-24-8-4-5-10-29(24)37-30)20-23-7-6-9-27(19-23)44-18-17-28-22(2)45-32(38-28)25-11-14-26(15-12-25)33(34,35)36/h4-12,14-15,19,30,37H,3,13,16-18,20-21H2,1-2H3. The van der Waals surface area contributed by atoms with Crippen LogP contribution in [0.2, 0.25) is 0 Å². The molecule has 0 aliphatic carbocycles. The van der Waals surface area contributed by atoms with Crippen molar-refractivity contribution < 1.29 is 40.3 Å². The summed E-state index contributed by atoms with van der Waals surface area (Å²) in [5.74, 6) is 0.571. The number of halogens is 3. The number of esters is 1. The number of aryl methyl sites for hydroxylation is 2. The van der Waals surface area contributed by atoms with Gasteiger partial charge in [-0.25, -0.2) is 13.4 Å². The SMILES string of the molecule is CCOC(=O)CN(Cc1cccc(OCCc2nc(-c3ccc(C(F)(F)F)cc3)oc2C)c1)S(=O)(=O)C1CCc2ccccc2N1. The van der Waals surface area contributed by atoms with Crippen molar-refractivity contribution in [2.45, 2.75) is 51.2 Å². The van der Waals surface area contributed by atoms with Crippen molar-refractivity contribution in [3.63, 3.8) is 0 Å². The first-order chi connectivity index (χ1) is 21.9. The van der Waals surface area contributed by atoms with Gasteiger partial charge in [0, 0.05) is 24.2 Å². The highest BCUT2D eigenvalue weighted by atomic mass is 32.2. The van der Waals surface area contributed by atoms with Crippen LogP contribution >= 0.6 is 0 Å². The highest BCUT2D eigenvalue weighted by Crippen LogP contribution is 2.32. The van der Waals surface area contributed by atoms with Gasteiger partial charge in [0.25, 0.3) is 0 Å². The predicted octanol–water partition coefficient (Wildman–Crippen LogP) is 6.37. The lowest BCUT2D eigenvalue weighted by Crippen LogP contribution is -2.46. The molecule has 46 heavy (non-hydrogen) atoms. The van der Waals surface area contributed by atoms with E-state index >= 15 is 0 Å². The van der Waals surface area contributed by atoms with Gasteiger partial charge in [-0.3, -0.25) is 4.79 Å². The highest BCUT2D eigenvalue weighted by molar-refractivity contribution is 7.89. The monoisotopic (exact) mass is 657 g/mol. The Morgan fingerprint density at radius 3 is 2.59 bits per heavy atom. The normalized spacial score (nSPS) is 14.9. The first-order valence-corrected chi connectivity index (χ1v) is 16.3.